The average molecular weight is 390 g/mol. The zero-order chi connectivity index (χ0) is 19.3. The van der Waals surface area contributed by atoms with Crippen molar-refractivity contribution in [3.8, 4) is 27.1 Å². The lowest BCUT2D eigenvalue weighted by Crippen LogP contribution is -2.37. The van der Waals surface area contributed by atoms with Gasteiger partial charge in [0, 0.05) is 47.6 Å². The number of nitrogens with one attached hydrogen (secondary N) is 1. The molecule has 1 fully saturated rings. The summed E-state index contributed by atoms with van der Waals surface area (Å²) >= 11 is 1.57. The molecule has 7 nitrogen and oxygen atoms in total. The van der Waals surface area contributed by atoms with Crippen LogP contribution in [0.5, 0.6) is 0 Å². The number of thiophene rings is 1. The van der Waals surface area contributed by atoms with E-state index in [0.29, 0.717) is 25.1 Å². The number of fused-ring (bicyclic) bond motifs is 1. The minimum absolute atomic E-state index is 0.177. The second-order valence-corrected chi connectivity index (χ2v) is 8.29. The summed E-state index contributed by atoms with van der Waals surface area (Å²) in [4.78, 5) is 21.0. The van der Waals surface area contributed by atoms with Gasteiger partial charge >= 0.3 is 0 Å². The Morgan fingerprint density at radius 1 is 1.32 bits per heavy atom. The molecule has 1 aliphatic carbocycles. The third kappa shape index (κ3) is 2.75. The number of nitrogens with two attached hydrogens (primary N) is 1. The van der Waals surface area contributed by atoms with Gasteiger partial charge in [-0.05, 0) is 31.0 Å². The first kappa shape index (κ1) is 17.0. The summed E-state index contributed by atoms with van der Waals surface area (Å²) in [5.74, 6) is 0.655. The van der Waals surface area contributed by atoms with E-state index in [9.17, 15) is 10.1 Å². The number of carbonyl (C=O) groups is 1. The minimum atomic E-state index is 0.177. The van der Waals surface area contributed by atoms with E-state index in [1.165, 1.54) is 0 Å². The van der Waals surface area contributed by atoms with E-state index in [4.69, 9.17) is 5.73 Å². The highest BCUT2D eigenvalue weighted by atomic mass is 32.1. The van der Waals surface area contributed by atoms with Crippen LogP contribution >= 0.6 is 11.3 Å². The molecule has 1 amide bonds. The predicted molar refractivity (Wildman–Crippen MR) is 106 cm³/mol. The van der Waals surface area contributed by atoms with Gasteiger partial charge in [-0.1, -0.05) is 0 Å². The van der Waals surface area contributed by atoms with Crippen molar-refractivity contribution in [3.05, 3.63) is 41.2 Å². The molecule has 3 N–H and O–H groups in total. The van der Waals surface area contributed by atoms with Gasteiger partial charge in [-0.3, -0.25) is 9.89 Å². The van der Waals surface area contributed by atoms with E-state index in [1.807, 2.05) is 23.1 Å². The van der Waals surface area contributed by atoms with Crippen molar-refractivity contribution in [1.29, 1.82) is 5.26 Å². The smallest absolute Gasteiger partial charge is 0.225 e. The van der Waals surface area contributed by atoms with Crippen LogP contribution in [0.1, 0.15) is 29.7 Å². The van der Waals surface area contributed by atoms with Crippen LogP contribution in [-0.4, -0.2) is 32.5 Å². The zero-order valence-electron chi connectivity index (χ0n) is 15.1. The SMILES string of the molecule is N#Cc1c(N)nc2c(c1-c1ccc(-c3ccn[nH]3)s1)CN(C(=O)C1CC1)CC2. The zero-order valence-corrected chi connectivity index (χ0v) is 15.9. The van der Waals surface area contributed by atoms with Gasteiger partial charge in [-0.2, -0.15) is 10.4 Å². The van der Waals surface area contributed by atoms with Crippen LogP contribution in [0.25, 0.3) is 21.0 Å². The van der Waals surface area contributed by atoms with Gasteiger partial charge in [0.1, 0.15) is 17.5 Å². The van der Waals surface area contributed by atoms with Crippen LogP contribution in [0.3, 0.4) is 0 Å². The quantitative estimate of drug-likeness (QED) is 0.714. The minimum Gasteiger partial charge on any atom is -0.383 e. The number of nitrogen functional groups attached to an aromatic ring is 1. The Balaban J connectivity index is 1.62. The van der Waals surface area contributed by atoms with Gasteiger partial charge < -0.3 is 10.6 Å². The molecule has 0 atom stereocenters. The fourth-order valence-corrected chi connectivity index (χ4v) is 4.81. The summed E-state index contributed by atoms with van der Waals surface area (Å²) in [5.41, 5.74) is 10.1. The topological polar surface area (TPSA) is 112 Å². The lowest BCUT2D eigenvalue weighted by atomic mass is 9.94. The first-order chi connectivity index (χ1) is 13.7. The number of rotatable bonds is 3. The predicted octanol–water partition coefficient (Wildman–Crippen LogP) is 2.95. The van der Waals surface area contributed by atoms with Gasteiger partial charge in [0.25, 0.3) is 0 Å². The van der Waals surface area contributed by atoms with Crippen molar-refractivity contribution < 1.29 is 4.79 Å². The summed E-state index contributed by atoms with van der Waals surface area (Å²) < 4.78 is 0. The Bertz CT molecular complexity index is 1110. The maximum atomic E-state index is 12.6. The average Bonchev–Trinajstić information content (AvgIpc) is 3.19. The van der Waals surface area contributed by atoms with Gasteiger partial charge in [0.15, 0.2) is 0 Å². The number of hydrogen-bond donors (Lipinski definition) is 2. The van der Waals surface area contributed by atoms with Crippen LogP contribution in [0, 0.1) is 17.2 Å². The van der Waals surface area contributed by atoms with Crippen LogP contribution in [-0.2, 0) is 17.8 Å². The largest absolute Gasteiger partial charge is 0.383 e. The van der Waals surface area contributed by atoms with Crippen molar-refractivity contribution in [2.75, 3.05) is 12.3 Å². The summed E-state index contributed by atoms with van der Waals surface area (Å²) in [5, 5.41) is 16.7. The molecule has 0 bridgehead atoms. The van der Waals surface area contributed by atoms with Crippen molar-refractivity contribution in [2.24, 2.45) is 5.92 Å². The second-order valence-electron chi connectivity index (χ2n) is 7.20. The van der Waals surface area contributed by atoms with Crippen LogP contribution in [0.4, 0.5) is 5.82 Å². The Hall–Kier alpha value is -3.18. The van der Waals surface area contributed by atoms with Crippen molar-refractivity contribution in [1.82, 2.24) is 20.1 Å². The molecule has 1 aliphatic heterocycles. The third-order valence-corrected chi connectivity index (χ3v) is 6.48. The monoisotopic (exact) mass is 390 g/mol. The number of aromatic nitrogens is 3. The number of carbonyl (C=O) groups excluding carboxylic acids is 1. The molecule has 1 saturated carbocycles. The number of H-pyrrole nitrogens is 1. The molecule has 4 heterocycles. The van der Waals surface area contributed by atoms with Crippen molar-refractivity contribution in [2.45, 2.75) is 25.8 Å². The van der Waals surface area contributed by atoms with Gasteiger partial charge in [0.2, 0.25) is 5.91 Å². The van der Waals surface area contributed by atoms with E-state index in [2.05, 4.69) is 21.3 Å². The van der Waals surface area contributed by atoms with Crippen LogP contribution < -0.4 is 5.73 Å². The standard InChI is InChI=1S/C20H18N6OS/c21-9-12-18(17-4-3-16(28-17)15-5-7-23-25-15)13-10-26(20(27)11-1-2-11)8-6-14(13)24-19(12)22/h3-5,7,11H,1-2,6,8,10H2,(H2,22,24)(H,23,25). The Labute approximate surface area is 165 Å². The number of aromatic amines is 1. The van der Waals surface area contributed by atoms with E-state index in [1.54, 1.807) is 17.5 Å². The summed E-state index contributed by atoms with van der Waals surface area (Å²) in [6.45, 7) is 1.14. The van der Waals surface area contributed by atoms with Crippen molar-refractivity contribution in [3.63, 3.8) is 0 Å². The molecule has 8 heteroatoms. The summed E-state index contributed by atoms with van der Waals surface area (Å²) in [6, 6.07) is 8.15. The molecule has 0 radical (unpaired) electrons. The number of amides is 1. The Morgan fingerprint density at radius 3 is 2.86 bits per heavy atom. The Morgan fingerprint density at radius 2 is 2.14 bits per heavy atom. The fraction of sp³-hybridized carbons (Fsp3) is 0.300. The van der Waals surface area contributed by atoms with Gasteiger partial charge in [-0.15, -0.1) is 11.3 Å². The number of hydrogen-bond acceptors (Lipinski definition) is 6. The molecule has 0 unspecified atom stereocenters. The van der Waals surface area contributed by atoms with Crippen molar-refractivity contribution >= 4 is 23.1 Å². The number of anilines is 1. The van der Waals surface area contributed by atoms with E-state index in [0.717, 1.165) is 45.1 Å². The highest BCUT2D eigenvalue weighted by Gasteiger charge is 2.36. The molecular formula is C20H18N6OS. The van der Waals surface area contributed by atoms with Gasteiger partial charge in [-0.25, -0.2) is 4.98 Å². The first-order valence-corrected chi connectivity index (χ1v) is 10.1. The summed E-state index contributed by atoms with van der Waals surface area (Å²) in [7, 11) is 0. The first-order valence-electron chi connectivity index (χ1n) is 9.25. The van der Waals surface area contributed by atoms with Gasteiger partial charge in [0.05, 0.1) is 16.3 Å². The third-order valence-electron chi connectivity index (χ3n) is 5.35. The highest BCUT2D eigenvalue weighted by molar-refractivity contribution is 7.18. The molecule has 5 rings (SSSR count). The van der Waals surface area contributed by atoms with Crippen LogP contribution in [0.15, 0.2) is 24.4 Å². The number of pyridine rings is 1. The van der Waals surface area contributed by atoms with E-state index >= 15 is 0 Å². The molecule has 140 valence electrons. The summed E-state index contributed by atoms with van der Waals surface area (Å²) in [6.07, 6.45) is 4.34. The lowest BCUT2D eigenvalue weighted by Gasteiger charge is -2.30. The van der Waals surface area contributed by atoms with Crippen LogP contribution in [0.2, 0.25) is 0 Å². The second kappa shape index (κ2) is 6.46. The highest BCUT2D eigenvalue weighted by Crippen LogP contribution is 2.41. The van der Waals surface area contributed by atoms with E-state index < -0.39 is 0 Å². The molecular weight excluding hydrogens is 372 g/mol. The molecule has 3 aromatic heterocycles. The molecule has 0 aromatic carbocycles. The molecule has 2 aliphatic rings. The molecule has 3 aromatic rings. The maximum Gasteiger partial charge on any atom is 0.225 e. The normalized spacial score (nSPS) is 15.9. The lowest BCUT2D eigenvalue weighted by molar-refractivity contribution is -0.133. The number of nitriles is 1. The van der Waals surface area contributed by atoms with E-state index in [-0.39, 0.29) is 17.6 Å². The molecule has 0 saturated heterocycles. The maximum absolute atomic E-state index is 12.6. The number of nitrogens with zero attached hydrogens (tertiary/aromatic N) is 4. The molecule has 28 heavy (non-hydrogen) atoms. The fourth-order valence-electron chi connectivity index (χ4n) is 3.75. The Kier molecular flexibility index (Phi) is 3.91. The molecule has 0 spiro atoms.